The molecule has 8 heteroatoms. The molecule has 1 heterocycles. The molecule has 0 saturated carbocycles. The minimum Gasteiger partial charge on any atom is -0.337 e. The van der Waals surface area contributed by atoms with E-state index in [0.29, 0.717) is 18.7 Å². The van der Waals surface area contributed by atoms with Crippen molar-refractivity contribution in [2.75, 3.05) is 6.54 Å². The van der Waals surface area contributed by atoms with Crippen LogP contribution in [-0.4, -0.2) is 35.3 Å². The van der Waals surface area contributed by atoms with Crippen LogP contribution in [0.5, 0.6) is 0 Å². The molecule has 0 radical (unpaired) electrons. The second-order valence-corrected chi connectivity index (χ2v) is 12.7. The van der Waals surface area contributed by atoms with Crippen molar-refractivity contribution in [2.45, 2.75) is 65.0 Å². The predicted molar refractivity (Wildman–Crippen MR) is 139 cm³/mol. The molecule has 6 nitrogen and oxygen atoms in total. The van der Waals surface area contributed by atoms with E-state index in [1.165, 1.54) is 24.4 Å². The van der Waals surface area contributed by atoms with Gasteiger partial charge in [-0.15, -0.1) is 0 Å². The van der Waals surface area contributed by atoms with Crippen LogP contribution in [0.15, 0.2) is 66.0 Å². The minimum absolute atomic E-state index is 0.0134. The first-order chi connectivity index (χ1) is 16.9. The molecule has 0 N–H and O–H groups in total. The quantitative estimate of drug-likeness (QED) is 0.361. The lowest BCUT2D eigenvalue weighted by atomic mass is 9.91. The van der Waals surface area contributed by atoms with Crippen molar-refractivity contribution in [1.82, 2.24) is 14.5 Å². The standard InChI is InChI=1S/C28H36FN3O3S/c1-21(2)17-31(26(33)15-28(3,4)5)19-24-16-30-27(32(24)18-22-11-7-6-8-12-22)36(34,35)20-23-13-9-10-14-25(23)29/h6-14,16,21H,15,17-20H2,1-5H3. The van der Waals surface area contributed by atoms with Crippen molar-refractivity contribution in [3.05, 3.63) is 83.4 Å². The van der Waals surface area contributed by atoms with Gasteiger partial charge in [-0.25, -0.2) is 17.8 Å². The Balaban J connectivity index is 2.02. The first-order valence-corrected chi connectivity index (χ1v) is 13.8. The number of carbonyl (C=O) groups is 1. The molecule has 0 bridgehead atoms. The van der Waals surface area contributed by atoms with Gasteiger partial charge >= 0.3 is 0 Å². The van der Waals surface area contributed by atoms with Crippen molar-refractivity contribution < 1.29 is 17.6 Å². The molecule has 0 spiro atoms. The molecule has 0 aliphatic heterocycles. The summed E-state index contributed by atoms with van der Waals surface area (Å²) in [5, 5.41) is -0.127. The van der Waals surface area contributed by atoms with Gasteiger partial charge in [-0.05, 0) is 23.0 Å². The third kappa shape index (κ3) is 7.50. The number of halogens is 1. The third-order valence-corrected chi connectivity index (χ3v) is 7.21. The van der Waals surface area contributed by atoms with Gasteiger partial charge in [-0.2, -0.15) is 0 Å². The lowest BCUT2D eigenvalue weighted by Gasteiger charge is -2.28. The molecule has 0 atom stereocenters. The van der Waals surface area contributed by atoms with E-state index in [1.807, 2.05) is 65.0 Å². The van der Waals surface area contributed by atoms with Crippen molar-refractivity contribution in [1.29, 1.82) is 0 Å². The van der Waals surface area contributed by atoms with E-state index in [-0.39, 0.29) is 41.0 Å². The van der Waals surface area contributed by atoms with E-state index in [1.54, 1.807) is 15.5 Å². The Hall–Kier alpha value is -3.00. The highest BCUT2D eigenvalue weighted by atomic mass is 32.2. The number of carbonyl (C=O) groups excluding carboxylic acids is 1. The summed E-state index contributed by atoms with van der Waals surface area (Å²) < 4.78 is 42.8. The third-order valence-electron chi connectivity index (χ3n) is 5.64. The zero-order valence-corrected chi connectivity index (χ0v) is 22.6. The van der Waals surface area contributed by atoms with Crippen LogP contribution in [-0.2, 0) is 33.5 Å². The zero-order chi connectivity index (χ0) is 26.5. The Bertz CT molecular complexity index is 1280. The summed E-state index contributed by atoms with van der Waals surface area (Å²) in [5.74, 6) is -0.815. The molecule has 194 valence electrons. The molecule has 0 aliphatic carbocycles. The number of hydrogen-bond donors (Lipinski definition) is 0. The number of amides is 1. The molecule has 0 saturated heterocycles. The van der Waals surface area contributed by atoms with Gasteiger partial charge in [-0.3, -0.25) is 4.79 Å². The highest BCUT2D eigenvalue weighted by Gasteiger charge is 2.28. The number of sulfone groups is 1. The molecular weight excluding hydrogens is 477 g/mol. The molecule has 0 unspecified atom stereocenters. The fraction of sp³-hybridized carbons (Fsp3) is 0.429. The maximum Gasteiger partial charge on any atom is 0.228 e. The first-order valence-electron chi connectivity index (χ1n) is 12.2. The number of rotatable bonds is 10. The molecular formula is C28H36FN3O3S. The van der Waals surface area contributed by atoms with Crippen molar-refractivity contribution in [3.63, 3.8) is 0 Å². The molecule has 3 aromatic rings. The summed E-state index contributed by atoms with van der Waals surface area (Å²) in [6.45, 7) is 11.2. The zero-order valence-electron chi connectivity index (χ0n) is 21.7. The van der Waals surface area contributed by atoms with Gasteiger partial charge in [0, 0.05) is 18.5 Å². The van der Waals surface area contributed by atoms with Crippen molar-refractivity contribution in [3.8, 4) is 0 Å². The van der Waals surface area contributed by atoms with Gasteiger partial charge in [0.05, 0.1) is 30.7 Å². The summed E-state index contributed by atoms with van der Waals surface area (Å²) >= 11 is 0. The lowest BCUT2D eigenvalue weighted by Crippen LogP contribution is -2.36. The normalized spacial score (nSPS) is 12.2. The van der Waals surface area contributed by atoms with Crippen LogP contribution < -0.4 is 0 Å². The minimum atomic E-state index is -3.97. The Morgan fingerprint density at radius 2 is 1.69 bits per heavy atom. The van der Waals surface area contributed by atoms with E-state index in [0.717, 1.165) is 5.56 Å². The first kappa shape index (κ1) is 27.6. The highest BCUT2D eigenvalue weighted by molar-refractivity contribution is 7.90. The van der Waals surface area contributed by atoms with Gasteiger partial charge in [-0.1, -0.05) is 83.1 Å². The van der Waals surface area contributed by atoms with E-state index in [9.17, 15) is 17.6 Å². The molecule has 1 amide bonds. The molecule has 36 heavy (non-hydrogen) atoms. The fourth-order valence-corrected chi connectivity index (χ4v) is 5.55. The monoisotopic (exact) mass is 513 g/mol. The van der Waals surface area contributed by atoms with Gasteiger partial charge in [0.25, 0.3) is 0 Å². The van der Waals surface area contributed by atoms with Crippen LogP contribution in [0.3, 0.4) is 0 Å². The summed E-state index contributed by atoms with van der Waals surface area (Å²) in [4.78, 5) is 19.3. The number of nitrogens with zero attached hydrogens (tertiary/aromatic N) is 3. The number of hydrogen-bond acceptors (Lipinski definition) is 4. The Morgan fingerprint density at radius 3 is 2.31 bits per heavy atom. The van der Waals surface area contributed by atoms with Crippen molar-refractivity contribution in [2.24, 2.45) is 11.3 Å². The predicted octanol–water partition coefficient (Wildman–Crippen LogP) is 5.47. The lowest BCUT2D eigenvalue weighted by molar-refractivity contribution is -0.134. The Labute approximate surface area is 214 Å². The molecule has 0 fully saturated rings. The van der Waals surface area contributed by atoms with E-state index >= 15 is 0 Å². The second kappa shape index (κ2) is 11.4. The number of aromatic nitrogens is 2. The molecule has 3 rings (SSSR count). The Morgan fingerprint density at radius 1 is 1.06 bits per heavy atom. The van der Waals surface area contributed by atoms with E-state index in [2.05, 4.69) is 4.98 Å². The van der Waals surface area contributed by atoms with Crippen molar-refractivity contribution >= 4 is 15.7 Å². The van der Waals surface area contributed by atoms with Gasteiger partial charge in [0.2, 0.25) is 20.9 Å². The molecule has 2 aromatic carbocycles. The van der Waals surface area contributed by atoms with Crippen LogP contribution in [0, 0.1) is 17.2 Å². The average molecular weight is 514 g/mol. The topological polar surface area (TPSA) is 72.3 Å². The SMILES string of the molecule is CC(C)CN(Cc1cnc(S(=O)(=O)Cc2ccccc2F)n1Cc1ccccc1)C(=O)CC(C)(C)C. The van der Waals surface area contributed by atoms with E-state index < -0.39 is 21.4 Å². The fourth-order valence-electron chi connectivity index (χ4n) is 4.04. The number of imidazole rings is 1. The number of benzene rings is 2. The second-order valence-electron chi connectivity index (χ2n) is 10.9. The summed E-state index contributed by atoms with van der Waals surface area (Å²) in [7, 11) is -3.97. The van der Waals surface area contributed by atoms with Gasteiger partial charge in [0.1, 0.15) is 5.82 Å². The van der Waals surface area contributed by atoms with Crippen LogP contribution in [0.25, 0.3) is 0 Å². The largest absolute Gasteiger partial charge is 0.337 e. The summed E-state index contributed by atoms with van der Waals surface area (Å²) in [6.07, 6.45) is 1.90. The maximum atomic E-state index is 14.3. The highest BCUT2D eigenvalue weighted by Crippen LogP contribution is 2.24. The van der Waals surface area contributed by atoms with Gasteiger partial charge in [0.15, 0.2) is 0 Å². The summed E-state index contributed by atoms with van der Waals surface area (Å²) in [5.41, 5.74) is 1.43. The van der Waals surface area contributed by atoms with E-state index in [4.69, 9.17) is 0 Å². The van der Waals surface area contributed by atoms with Crippen LogP contribution in [0.1, 0.15) is 57.9 Å². The van der Waals surface area contributed by atoms with Gasteiger partial charge < -0.3 is 9.47 Å². The van der Waals surface area contributed by atoms with Crippen LogP contribution in [0.4, 0.5) is 4.39 Å². The van der Waals surface area contributed by atoms with Crippen LogP contribution in [0.2, 0.25) is 0 Å². The Kier molecular flexibility index (Phi) is 8.71. The molecule has 1 aromatic heterocycles. The smallest absolute Gasteiger partial charge is 0.228 e. The average Bonchev–Trinajstić information content (AvgIpc) is 3.17. The summed E-state index contributed by atoms with van der Waals surface area (Å²) in [6, 6.07) is 15.3. The molecule has 0 aliphatic rings. The maximum absolute atomic E-state index is 14.3. The van der Waals surface area contributed by atoms with Crippen LogP contribution >= 0.6 is 0 Å².